The van der Waals surface area contributed by atoms with Crippen molar-refractivity contribution in [3.8, 4) is 17.3 Å². The van der Waals surface area contributed by atoms with Crippen LogP contribution in [0.1, 0.15) is 22.8 Å². The molecule has 0 fully saturated rings. The quantitative estimate of drug-likeness (QED) is 0.315. The van der Waals surface area contributed by atoms with Gasteiger partial charge < -0.3 is 15.1 Å². The number of hydrogen-bond acceptors (Lipinski definition) is 5. The summed E-state index contributed by atoms with van der Waals surface area (Å²) in [5.74, 6) is 2.70. The maximum Gasteiger partial charge on any atom is 0.216 e. The van der Waals surface area contributed by atoms with Gasteiger partial charge in [-0.05, 0) is 43.7 Å². The van der Waals surface area contributed by atoms with Gasteiger partial charge in [-0.1, -0.05) is 18.2 Å². The third-order valence-corrected chi connectivity index (χ3v) is 4.83. The molecule has 4 aromatic rings. The van der Waals surface area contributed by atoms with Gasteiger partial charge in [0.15, 0.2) is 11.7 Å². The molecule has 0 atom stereocenters. The standard InChI is InChI=1S/C22H26N8O/c1-15-13-16(2)30(29-15)18-8-5-4-7-17(18)14-25-22(23-3)24-11-10-20-26-21(28-27-20)19-9-6-12-31-19/h4-9,12-13H,10-11,14H2,1-3H3,(H2,23,24,25)(H,26,27,28). The Balaban J connectivity index is 1.33. The average Bonchev–Trinajstić information content (AvgIpc) is 3.52. The number of hydrogen-bond donors (Lipinski definition) is 3. The lowest BCUT2D eigenvalue weighted by Crippen LogP contribution is -2.38. The molecule has 0 saturated carbocycles. The van der Waals surface area contributed by atoms with E-state index < -0.39 is 0 Å². The van der Waals surface area contributed by atoms with Crippen LogP contribution >= 0.6 is 0 Å². The highest BCUT2D eigenvalue weighted by Gasteiger charge is 2.10. The third kappa shape index (κ3) is 4.82. The Morgan fingerprint density at radius 2 is 2.03 bits per heavy atom. The highest BCUT2D eigenvalue weighted by atomic mass is 16.3. The van der Waals surface area contributed by atoms with E-state index >= 15 is 0 Å². The Bertz CT molecular complexity index is 1160. The summed E-state index contributed by atoms with van der Waals surface area (Å²) in [5, 5.41) is 18.4. The van der Waals surface area contributed by atoms with Crippen LogP contribution in [0, 0.1) is 13.8 Å². The van der Waals surface area contributed by atoms with Crippen LogP contribution in [0.3, 0.4) is 0 Å². The van der Waals surface area contributed by atoms with Gasteiger partial charge in [0.1, 0.15) is 5.82 Å². The summed E-state index contributed by atoms with van der Waals surface area (Å²) in [6.07, 6.45) is 2.28. The highest BCUT2D eigenvalue weighted by molar-refractivity contribution is 5.79. The highest BCUT2D eigenvalue weighted by Crippen LogP contribution is 2.17. The number of aromatic amines is 1. The van der Waals surface area contributed by atoms with Crippen LogP contribution in [0.4, 0.5) is 0 Å². The summed E-state index contributed by atoms with van der Waals surface area (Å²) in [4.78, 5) is 8.77. The summed E-state index contributed by atoms with van der Waals surface area (Å²) in [5.41, 5.74) is 4.30. The van der Waals surface area contributed by atoms with Crippen molar-refractivity contribution in [1.82, 2.24) is 35.6 Å². The first-order chi connectivity index (χ1) is 15.1. The van der Waals surface area contributed by atoms with Gasteiger partial charge >= 0.3 is 0 Å². The van der Waals surface area contributed by atoms with E-state index in [4.69, 9.17) is 4.42 Å². The van der Waals surface area contributed by atoms with Crippen molar-refractivity contribution in [2.45, 2.75) is 26.8 Å². The molecule has 0 spiro atoms. The molecule has 0 radical (unpaired) electrons. The van der Waals surface area contributed by atoms with E-state index in [1.165, 1.54) is 0 Å². The lowest BCUT2D eigenvalue weighted by molar-refractivity contribution is 0.577. The molecule has 0 amide bonds. The predicted octanol–water partition coefficient (Wildman–Crippen LogP) is 2.77. The van der Waals surface area contributed by atoms with Gasteiger partial charge in [-0.15, -0.1) is 0 Å². The van der Waals surface area contributed by atoms with Gasteiger partial charge in [-0.25, -0.2) is 9.67 Å². The molecule has 0 bridgehead atoms. The number of nitrogens with one attached hydrogen (secondary N) is 3. The van der Waals surface area contributed by atoms with Crippen LogP contribution in [0.25, 0.3) is 17.3 Å². The van der Waals surface area contributed by atoms with Gasteiger partial charge in [-0.3, -0.25) is 10.1 Å². The molecular weight excluding hydrogens is 392 g/mol. The number of para-hydroxylation sites is 1. The smallest absolute Gasteiger partial charge is 0.216 e. The minimum Gasteiger partial charge on any atom is -0.461 e. The van der Waals surface area contributed by atoms with Crippen molar-refractivity contribution < 1.29 is 4.42 Å². The van der Waals surface area contributed by atoms with E-state index in [1.807, 2.05) is 35.9 Å². The molecule has 1 aromatic carbocycles. The maximum atomic E-state index is 5.32. The van der Waals surface area contributed by atoms with Crippen LogP contribution in [0.15, 0.2) is 58.1 Å². The molecule has 3 heterocycles. The number of nitrogens with zero attached hydrogens (tertiary/aromatic N) is 5. The Morgan fingerprint density at radius 1 is 1.16 bits per heavy atom. The van der Waals surface area contributed by atoms with Crippen LogP contribution in [-0.2, 0) is 13.0 Å². The molecule has 31 heavy (non-hydrogen) atoms. The molecular formula is C22H26N8O. The lowest BCUT2D eigenvalue weighted by atomic mass is 10.1. The molecule has 0 unspecified atom stereocenters. The number of furan rings is 1. The van der Waals surface area contributed by atoms with E-state index in [1.54, 1.807) is 13.3 Å². The summed E-state index contributed by atoms with van der Waals surface area (Å²) >= 11 is 0. The van der Waals surface area contributed by atoms with Crippen LogP contribution < -0.4 is 10.6 Å². The molecule has 0 aliphatic carbocycles. The van der Waals surface area contributed by atoms with Gasteiger partial charge in [0, 0.05) is 32.3 Å². The maximum absolute atomic E-state index is 5.32. The second-order valence-electron chi connectivity index (χ2n) is 7.15. The fourth-order valence-electron chi connectivity index (χ4n) is 3.36. The number of rotatable bonds is 7. The Kier molecular flexibility index (Phi) is 6.11. The second-order valence-corrected chi connectivity index (χ2v) is 7.15. The summed E-state index contributed by atoms with van der Waals surface area (Å²) < 4.78 is 7.30. The molecule has 4 rings (SSSR count). The van der Waals surface area contributed by atoms with Crippen molar-refractivity contribution in [2.75, 3.05) is 13.6 Å². The van der Waals surface area contributed by atoms with E-state index in [-0.39, 0.29) is 0 Å². The Morgan fingerprint density at radius 3 is 2.77 bits per heavy atom. The first kappa shape index (κ1) is 20.4. The first-order valence-corrected chi connectivity index (χ1v) is 10.2. The van der Waals surface area contributed by atoms with Crippen LogP contribution in [0.2, 0.25) is 0 Å². The topological polar surface area (TPSA) is 109 Å². The number of aryl methyl sites for hydroxylation is 2. The van der Waals surface area contributed by atoms with Crippen molar-refractivity contribution in [3.63, 3.8) is 0 Å². The summed E-state index contributed by atoms with van der Waals surface area (Å²) in [6, 6.07) is 13.9. The van der Waals surface area contributed by atoms with Crippen LogP contribution in [-0.4, -0.2) is 44.5 Å². The average molecular weight is 419 g/mol. The zero-order valence-corrected chi connectivity index (χ0v) is 17.9. The number of aromatic nitrogens is 5. The predicted molar refractivity (Wildman–Crippen MR) is 119 cm³/mol. The molecule has 3 aromatic heterocycles. The monoisotopic (exact) mass is 418 g/mol. The van der Waals surface area contributed by atoms with Gasteiger partial charge in [0.2, 0.25) is 5.82 Å². The largest absolute Gasteiger partial charge is 0.461 e. The van der Waals surface area contributed by atoms with Crippen molar-refractivity contribution >= 4 is 5.96 Å². The molecule has 9 heteroatoms. The van der Waals surface area contributed by atoms with E-state index in [0.717, 1.165) is 28.5 Å². The summed E-state index contributed by atoms with van der Waals surface area (Å²) in [7, 11) is 1.76. The van der Waals surface area contributed by atoms with Gasteiger partial charge in [-0.2, -0.15) is 10.2 Å². The zero-order valence-electron chi connectivity index (χ0n) is 17.9. The van der Waals surface area contributed by atoms with Gasteiger partial charge in [0.05, 0.1) is 17.6 Å². The minimum atomic E-state index is 0.559. The minimum absolute atomic E-state index is 0.559. The Labute approximate surface area is 180 Å². The number of H-pyrrole nitrogens is 1. The first-order valence-electron chi connectivity index (χ1n) is 10.2. The second kappa shape index (κ2) is 9.29. The fourth-order valence-corrected chi connectivity index (χ4v) is 3.36. The van der Waals surface area contributed by atoms with Crippen LogP contribution in [0.5, 0.6) is 0 Å². The summed E-state index contributed by atoms with van der Waals surface area (Å²) in [6.45, 7) is 5.35. The SMILES string of the molecule is CN=C(NCCc1nc(-c2ccco2)n[nH]1)NCc1ccccc1-n1nc(C)cc1C. The van der Waals surface area contributed by atoms with E-state index in [0.29, 0.717) is 37.1 Å². The number of guanidine groups is 1. The molecule has 0 aliphatic heterocycles. The Hall–Kier alpha value is -3.88. The molecule has 160 valence electrons. The fraction of sp³-hybridized carbons (Fsp3) is 0.273. The third-order valence-electron chi connectivity index (χ3n) is 4.83. The van der Waals surface area contributed by atoms with E-state index in [9.17, 15) is 0 Å². The van der Waals surface area contributed by atoms with Crippen molar-refractivity contribution in [3.05, 3.63) is 71.5 Å². The molecule has 9 nitrogen and oxygen atoms in total. The molecule has 3 N–H and O–H groups in total. The molecule has 0 saturated heterocycles. The van der Waals surface area contributed by atoms with Crippen molar-refractivity contribution in [1.29, 1.82) is 0 Å². The zero-order chi connectivity index (χ0) is 21.6. The van der Waals surface area contributed by atoms with E-state index in [2.05, 4.69) is 61.0 Å². The number of benzene rings is 1. The van der Waals surface area contributed by atoms with Crippen molar-refractivity contribution in [2.24, 2.45) is 4.99 Å². The number of aliphatic imine (C=N–C) groups is 1. The lowest BCUT2D eigenvalue weighted by Gasteiger charge is -2.15. The molecule has 0 aliphatic rings. The normalized spacial score (nSPS) is 11.6. The van der Waals surface area contributed by atoms with Gasteiger partial charge in [0.25, 0.3) is 0 Å².